The number of carbonyl (C=O) groups excluding carboxylic acids is 1. The highest BCUT2D eigenvalue weighted by atomic mass is 79.9. The first-order valence-electron chi connectivity index (χ1n) is 5.72. The summed E-state index contributed by atoms with van der Waals surface area (Å²) in [5.74, 6) is -0.551. The lowest BCUT2D eigenvalue weighted by Gasteiger charge is -2.24. The van der Waals surface area contributed by atoms with Gasteiger partial charge in [-0.3, -0.25) is 4.79 Å². The van der Waals surface area contributed by atoms with Crippen molar-refractivity contribution in [1.82, 2.24) is 5.32 Å². The Labute approximate surface area is 115 Å². The van der Waals surface area contributed by atoms with E-state index in [0.717, 1.165) is 0 Å². The molecule has 0 radical (unpaired) electrons. The van der Waals surface area contributed by atoms with Crippen molar-refractivity contribution in [2.45, 2.75) is 39.3 Å². The lowest BCUT2D eigenvalue weighted by Crippen LogP contribution is -2.47. The number of hydrogen-bond donors (Lipinski definition) is 2. The second kappa shape index (κ2) is 5.69. The Morgan fingerprint density at radius 1 is 1.39 bits per heavy atom. The van der Waals surface area contributed by atoms with Crippen molar-refractivity contribution < 1.29 is 9.18 Å². The zero-order chi connectivity index (χ0) is 13.9. The van der Waals surface area contributed by atoms with E-state index in [9.17, 15) is 9.18 Å². The number of hydrogen-bond acceptors (Lipinski definition) is 2. The van der Waals surface area contributed by atoms with Gasteiger partial charge in [0.05, 0.1) is 5.69 Å². The number of halogens is 2. The van der Waals surface area contributed by atoms with Crippen LogP contribution >= 0.6 is 15.9 Å². The Hall–Kier alpha value is -1.10. The number of benzene rings is 1. The number of anilines is 1. The second-order valence-electron chi connectivity index (χ2n) is 5.23. The van der Waals surface area contributed by atoms with Crippen LogP contribution in [0.3, 0.4) is 0 Å². The molecule has 0 aliphatic heterocycles. The highest BCUT2D eigenvalue weighted by Crippen LogP contribution is 2.20. The number of carbonyl (C=O) groups is 1. The Bertz CT molecular complexity index is 443. The van der Waals surface area contributed by atoms with E-state index in [0.29, 0.717) is 10.2 Å². The van der Waals surface area contributed by atoms with Crippen molar-refractivity contribution in [3.63, 3.8) is 0 Å². The van der Waals surface area contributed by atoms with Gasteiger partial charge in [0.1, 0.15) is 11.9 Å². The first-order valence-corrected chi connectivity index (χ1v) is 6.52. The maximum absolute atomic E-state index is 13.6. The summed E-state index contributed by atoms with van der Waals surface area (Å²) in [6.45, 7) is 7.40. The highest BCUT2D eigenvalue weighted by Gasteiger charge is 2.19. The van der Waals surface area contributed by atoms with Gasteiger partial charge in [-0.2, -0.15) is 0 Å². The Kier molecular flexibility index (Phi) is 4.73. The molecule has 0 fully saturated rings. The van der Waals surface area contributed by atoms with E-state index in [4.69, 9.17) is 0 Å². The van der Waals surface area contributed by atoms with Gasteiger partial charge >= 0.3 is 0 Å². The molecule has 1 aromatic rings. The predicted molar refractivity (Wildman–Crippen MR) is 75.1 cm³/mol. The minimum atomic E-state index is -0.500. The van der Waals surface area contributed by atoms with Crippen LogP contribution in [0, 0.1) is 5.82 Å². The molecule has 0 saturated carbocycles. The van der Waals surface area contributed by atoms with Gasteiger partial charge in [0, 0.05) is 10.0 Å². The Morgan fingerprint density at radius 3 is 2.50 bits per heavy atom. The van der Waals surface area contributed by atoms with Gasteiger partial charge in [-0.1, -0.05) is 15.9 Å². The van der Waals surface area contributed by atoms with Crippen molar-refractivity contribution >= 4 is 27.5 Å². The molecule has 2 N–H and O–H groups in total. The maximum Gasteiger partial charge on any atom is 0.242 e. The molecule has 1 atom stereocenters. The normalized spacial score (nSPS) is 13.0. The van der Waals surface area contributed by atoms with Crippen LogP contribution in [0.4, 0.5) is 10.1 Å². The van der Waals surface area contributed by atoms with E-state index >= 15 is 0 Å². The van der Waals surface area contributed by atoms with Crippen LogP contribution in [0.5, 0.6) is 0 Å². The second-order valence-corrected chi connectivity index (χ2v) is 6.15. The lowest BCUT2D eigenvalue weighted by atomic mass is 10.1. The average molecular weight is 317 g/mol. The number of rotatable bonds is 3. The molecule has 1 unspecified atom stereocenters. The third kappa shape index (κ3) is 4.64. The zero-order valence-electron chi connectivity index (χ0n) is 11.0. The summed E-state index contributed by atoms with van der Waals surface area (Å²) in [6.07, 6.45) is 0. The van der Waals surface area contributed by atoms with Crippen molar-refractivity contribution in [2.24, 2.45) is 0 Å². The molecular weight excluding hydrogens is 299 g/mol. The summed E-state index contributed by atoms with van der Waals surface area (Å²) in [6, 6.07) is 4.18. The molecule has 100 valence electrons. The molecule has 0 aliphatic rings. The Balaban J connectivity index is 2.69. The molecule has 1 amide bonds. The standard InChI is InChI=1S/C13H18BrFN2O/c1-8(12(18)17-13(2,3)4)16-11-6-5-9(14)7-10(11)15/h5-8,16H,1-4H3,(H,17,18). The van der Waals surface area contributed by atoms with Crippen LogP contribution in [-0.2, 0) is 4.79 Å². The quantitative estimate of drug-likeness (QED) is 0.898. The molecule has 0 aromatic heterocycles. The molecule has 3 nitrogen and oxygen atoms in total. The summed E-state index contributed by atoms with van der Waals surface area (Å²) < 4.78 is 14.3. The molecule has 0 bridgehead atoms. The van der Waals surface area contributed by atoms with Crippen LogP contribution in [0.2, 0.25) is 0 Å². The van der Waals surface area contributed by atoms with Gasteiger partial charge in [0.2, 0.25) is 5.91 Å². The molecule has 0 heterocycles. The van der Waals surface area contributed by atoms with E-state index in [-0.39, 0.29) is 17.3 Å². The highest BCUT2D eigenvalue weighted by molar-refractivity contribution is 9.10. The average Bonchev–Trinajstić information content (AvgIpc) is 2.19. The topological polar surface area (TPSA) is 41.1 Å². The van der Waals surface area contributed by atoms with Gasteiger partial charge in [0.15, 0.2) is 0 Å². The van der Waals surface area contributed by atoms with E-state index < -0.39 is 6.04 Å². The van der Waals surface area contributed by atoms with Crippen molar-refractivity contribution in [2.75, 3.05) is 5.32 Å². The molecule has 0 aliphatic carbocycles. The fourth-order valence-corrected chi connectivity index (χ4v) is 1.72. The van der Waals surface area contributed by atoms with E-state index in [1.165, 1.54) is 6.07 Å². The summed E-state index contributed by atoms with van der Waals surface area (Å²) in [4.78, 5) is 11.8. The fraction of sp³-hybridized carbons (Fsp3) is 0.462. The summed E-state index contributed by atoms with van der Waals surface area (Å²) in [5.41, 5.74) is 0.0143. The number of nitrogens with one attached hydrogen (secondary N) is 2. The third-order valence-corrected chi connectivity index (χ3v) is 2.69. The van der Waals surface area contributed by atoms with E-state index in [1.807, 2.05) is 20.8 Å². The monoisotopic (exact) mass is 316 g/mol. The van der Waals surface area contributed by atoms with Crippen LogP contribution in [0.15, 0.2) is 22.7 Å². The van der Waals surface area contributed by atoms with Crippen molar-refractivity contribution in [1.29, 1.82) is 0 Å². The smallest absolute Gasteiger partial charge is 0.242 e. The molecule has 1 rings (SSSR count). The summed E-state index contributed by atoms with van der Waals surface area (Å²) >= 11 is 3.18. The molecular formula is C13H18BrFN2O. The van der Waals surface area contributed by atoms with Crippen molar-refractivity contribution in [3.05, 3.63) is 28.5 Å². The largest absolute Gasteiger partial charge is 0.372 e. The predicted octanol–water partition coefficient (Wildman–Crippen LogP) is 3.30. The molecule has 18 heavy (non-hydrogen) atoms. The van der Waals surface area contributed by atoms with Gasteiger partial charge < -0.3 is 10.6 Å². The first-order chi connectivity index (χ1) is 8.19. The van der Waals surface area contributed by atoms with Gasteiger partial charge in [-0.15, -0.1) is 0 Å². The van der Waals surface area contributed by atoms with E-state index in [1.54, 1.807) is 19.1 Å². The van der Waals surface area contributed by atoms with Crippen LogP contribution in [-0.4, -0.2) is 17.5 Å². The minimum Gasteiger partial charge on any atom is -0.372 e. The number of amides is 1. The molecule has 1 aromatic carbocycles. The zero-order valence-corrected chi connectivity index (χ0v) is 12.6. The Morgan fingerprint density at radius 2 is 2.00 bits per heavy atom. The van der Waals surface area contributed by atoms with Crippen LogP contribution in [0.1, 0.15) is 27.7 Å². The van der Waals surface area contributed by atoms with E-state index in [2.05, 4.69) is 26.6 Å². The van der Waals surface area contributed by atoms with Crippen molar-refractivity contribution in [3.8, 4) is 0 Å². The summed E-state index contributed by atoms with van der Waals surface area (Å²) in [7, 11) is 0. The molecule has 0 spiro atoms. The molecule has 0 saturated heterocycles. The van der Waals surface area contributed by atoms with Crippen LogP contribution < -0.4 is 10.6 Å². The van der Waals surface area contributed by atoms with Gasteiger partial charge in [-0.25, -0.2) is 4.39 Å². The first kappa shape index (κ1) is 15.0. The van der Waals surface area contributed by atoms with Gasteiger partial charge in [0.25, 0.3) is 0 Å². The molecule has 5 heteroatoms. The summed E-state index contributed by atoms with van der Waals surface area (Å²) in [5, 5.41) is 5.69. The minimum absolute atomic E-state index is 0.162. The lowest BCUT2D eigenvalue weighted by molar-refractivity contribution is -0.122. The third-order valence-electron chi connectivity index (χ3n) is 2.19. The van der Waals surface area contributed by atoms with Gasteiger partial charge in [-0.05, 0) is 45.9 Å². The maximum atomic E-state index is 13.6. The van der Waals surface area contributed by atoms with Crippen LogP contribution in [0.25, 0.3) is 0 Å². The fourth-order valence-electron chi connectivity index (χ4n) is 1.38. The SMILES string of the molecule is CC(Nc1ccc(Br)cc1F)C(=O)NC(C)(C)C.